The summed E-state index contributed by atoms with van der Waals surface area (Å²) >= 11 is 13.9. The SMILES string of the molecule is CSc1cccc(N(CC(=O)OC(C)(C)C)C(=O)c2c(Cl)cccc2Cl)c1. The molecular formula is C20H21Cl2NO3S. The second-order valence-corrected chi connectivity index (χ2v) is 8.47. The third-order valence-corrected chi connectivity index (χ3v) is 4.85. The standard InChI is InChI=1S/C20H21Cl2NO3S/c1-20(2,3)26-17(24)12-23(13-7-5-8-14(11-13)27-4)19(25)18-15(21)9-6-10-16(18)22/h5-11H,12H2,1-4H3. The maximum absolute atomic E-state index is 13.2. The number of hydrogen-bond acceptors (Lipinski definition) is 4. The zero-order chi connectivity index (χ0) is 20.2. The van der Waals surface area contributed by atoms with Crippen LogP contribution in [0.4, 0.5) is 5.69 Å². The maximum Gasteiger partial charge on any atom is 0.326 e. The summed E-state index contributed by atoms with van der Waals surface area (Å²) in [6.07, 6.45) is 1.93. The number of carbonyl (C=O) groups is 2. The van der Waals surface area contributed by atoms with Crippen LogP contribution in [0.3, 0.4) is 0 Å². The van der Waals surface area contributed by atoms with E-state index in [2.05, 4.69) is 0 Å². The quantitative estimate of drug-likeness (QED) is 0.454. The van der Waals surface area contributed by atoms with Crippen LogP contribution in [-0.4, -0.2) is 30.3 Å². The molecule has 144 valence electrons. The molecule has 7 heteroatoms. The van der Waals surface area contributed by atoms with E-state index in [-0.39, 0.29) is 22.2 Å². The molecule has 0 aliphatic carbocycles. The molecule has 27 heavy (non-hydrogen) atoms. The molecule has 2 rings (SSSR count). The number of hydrogen-bond donors (Lipinski definition) is 0. The minimum Gasteiger partial charge on any atom is -0.459 e. The van der Waals surface area contributed by atoms with Crippen LogP contribution in [-0.2, 0) is 9.53 Å². The molecule has 2 aromatic rings. The zero-order valence-corrected chi connectivity index (χ0v) is 17.9. The Bertz CT molecular complexity index is 829. The molecular weight excluding hydrogens is 405 g/mol. The van der Waals surface area contributed by atoms with Crippen molar-refractivity contribution in [2.75, 3.05) is 17.7 Å². The minimum atomic E-state index is -0.658. The van der Waals surface area contributed by atoms with E-state index in [0.29, 0.717) is 5.69 Å². The van der Waals surface area contributed by atoms with Crippen molar-refractivity contribution in [1.82, 2.24) is 0 Å². The van der Waals surface area contributed by atoms with Crippen LogP contribution < -0.4 is 4.90 Å². The first-order valence-corrected chi connectivity index (χ1v) is 10.2. The lowest BCUT2D eigenvalue weighted by Crippen LogP contribution is -2.39. The number of amides is 1. The van der Waals surface area contributed by atoms with Gasteiger partial charge in [0.1, 0.15) is 12.1 Å². The van der Waals surface area contributed by atoms with Gasteiger partial charge >= 0.3 is 5.97 Å². The van der Waals surface area contributed by atoms with Crippen LogP contribution in [0.1, 0.15) is 31.1 Å². The predicted octanol–water partition coefficient (Wildman–Crippen LogP) is 5.70. The molecule has 0 aliphatic heterocycles. The second-order valence-electron chi connectivity index (χ2n) is 6.78. The molecule has 0 saturated heterocycles. The van der Waals surface area contributed by atoms with Crippen molar-refractivity contribution < 1.29 is 14.3 Å². The first-order chi connectivity index (χ1) is 12.6. The zero-order valence-electron chi connectivity index (χ0n) is 15.6. The summed E-state index contributed by atoms with van der Waals surface area (Å²) in [5, 5.41) is 0.449. The van der Waals surface area contributed by atoms with E-state index in [0.717, 1.165) is 4.90 Å². The lowest BCUT2D eigenvalue weighted by molar-refractivity contribution is -0.152. The third kappa shape index (κ3) is 5.89. The first kappa shape index (κ1) is 21.6. The van der Waals surface area contributed by atoms with E-state index in [4.69, 9.17) is 27.9 Å². The van der Waals surface area contributed by atoms with Gasteiger partial charge in [-0.1, -0.05) is 35.3 Å². The highest BCUT2D eigenvalue weighted by Gasteiger charge is 2.27. The molecule has 0 N–H and O–H groups in total. The lowest BCUT2D eigenvalue weighted by Gasteiger charge is -2.26. The van der Waals surface area contributed by atoms with Gasteiger partial charge in [-0.15, -0.1) is 11.8 Å². The number of nitrogens with zero attached hydrogens (tertiary/aromatic N) is 1. The fourth-order valence-corrected chi connectivity index (χ4v) is 3.41. The summed E-state index contributed by atoms with van der Waals surface area (Å²) in [5.74, 6) is -0.983. The number of rotatable bonds is 5. The van der Waals surface area contributed by atoms with Crippen LogP contribution >= 0.6 is 35.0 Å². The number of thioether (sulfide) groups is 1. The number of anilines is 1. The summed E-state index contributed by atoms with van der Waals surface area (Å²) in [6, 6.07) is 12.2. The monoisotopic (exact) mass is 425 g/mol. The van der Waals surface area contributed by atoms with Crippen molar-refractivity contribution in [3.63, 3.8) is 0 Å². The lowest BCUT2D eigenvalue weighted by atomic mass is 10.1. The van der Waals surface area contributed by atoms with Crippen LogP contribution in [0.5, 0.6) is 0 Å². The minimum absolute atomic E-state index is 0.152. The van der Waals surface area contributed by atoms with Crippen molar-refractivity contribution in [2.24, 2.45) is 0 Å². The summed E-state index contributed by atoms with van der Waals surface area (Å²) < 4.78 is 5.39. The number of carbonyl (C=O) groups excluding carboxylic acids is 2. The highest BCUT2D eigenvalue weighted by molar-refractivity contribution is 7.98. The fourth-order valence-electron chi connectivity index (χ4n) is 2.40. The molecule has 4 nitrogen and oxygen atoms in total. The average Bonchev–Trinajstić information content (AvgIpc) is 2.58. The van der Waals surface area contributed by atoms with Gasteiger partial charge in [0.15, 0.2) is 0 Å². The molecule has 0 radical (unpaired) electrons. The molecule has 0 fully saturated rings. The molecule has 0 heterocycles. The van der Waals surface area contributed by atoms with Gasteiger partial charge in [-0.2, -0.15) is 0 Å². The van der Waals surface area contributed by atoms with Gasteiger partial charge in [-0.05, 0) is 57.4 Å². The molecule has 0 unspecified atom stereocenters. The van der Waals surface area contributed by atoms with Gasteiger partial charge in [0.25, 0.3) is 5.91 Å². The van der Waals surface area contributed by atoms with E-state index >= 15 is 0 Å². The Morgan fingerprint density at radius 1 is 1.07 bits per heavy atom. The molecule has 2 aromatic carbocycles. The molecule has 0 aromatic heterocycles. The van der Waals surface area contributed by atoms with Gasteiger partial charge in [-0.25, -0.2) is 0 Å². The Balaban J connectivity index is 2.45. The highest BCUT2D eigenvalue weighted by atomic mass is 35.5. The van der Waals surface area contributed by atoms with E-state index in [9.17, 15) is 9.59 Å². The Morgan fingerprint density at radius 3 is 2.22 bits per heavy atom. The fraction of sp³-hybridized carbons (Fsp3) is 0.300. The average molecular weight is 426 g/mol. The Morgan fingerprint density at radius 2 is 1.67 bits per heavy atom. The second kappa shape index (κ2) is 9.00. The maximum atomic E-state index is 13.2. The molecule has 0 aliphatic rings. The van der Waals surface area contributed by atoms with E-state index < -0.39 is 17.5 Å². The van der Waals surface area contributed by atoms with Crippen molar-refractivity contribution in [1.29, 1.82) is 0 Å². The van der Waals surface area contributed by atoms with Crippen LogP contribution in [0.15, 0.2) is 47.4 Å². The number of halogens is 2. The van der Waals surface area contributed by atoms with Gasteiger partial charge in [-0.3, -0.25) is 14.5 Å². The van der Waals surface area contributed by atoms with Crippen molar-refractivity contribution in [3.8, 4) is 0 Å². The summed E-state index contributed by atoms with van der Waals surface area (Å²) in [7, 11) is 0. The first-order valence-electron chi connectivity index (χ1n) is 8.24. The molecule has 0 bridgehead atoms. The summed E-state index contributed by atoms with van der Waals surface area (Å²) in [5.41, 5.74) is 0.0576. The van der Waals surface area contributed by atoms with Gasteiger partial charge < -0.3 is 4.74 Å². The van der Waals surface area contributed by atoms with Crippen molar-refractivity contribution in [2.45, 2.75) is 31.3 Å². The Kier molecular flexibility index (Phi) is 7.20. The molecule has 0 saturated carbocycles. The molecule has 0 spiro atoms. The van der Waals surface area contributed by atoms with Gasteiger partial charge in [0.2, 0.25) is 0 Å². The van der Waals surface area contributed by atoms with Crippen LogP contribution in [0.25, 0.3) is 0 Å². The topological polar surface area (TPSA) is 46.6 Å². The smallest absolute Gasteiger partial charge is 0.326 e. The third-order valence-electron chi connectivity index (χ3n) is 3.49. The largest absolute Gasteiger partial charge is 0.459 e. The molecule has 0 atom stereocenters. The van der Waals surface area contributed by atoms with E-state index in [1.807, 2.05) is 24.5 Å². The van der Waals surface area contributed by atoms with E-state index in [1.165, 1.54) is 16.7 Å². The van der Waals surface area contributed by atoms with Crippen LogP contribution in [0.2, 0.25) is 10.0 Å². The number of ether oxygens (including phenoxy) is 1. The van der Waals surface area contributed by atoms with Crippen molar-refractivity contribution >= 4 is 52.5 Å². The Labute approximate surface area is 173 Å². The molecule has 1 amide bonds. The summed E-state index contributed by atoms with van der Waals surface area (Å²) in [4.78, 5) is 27.9. The number of benzene rings is 2. The van der Waals surface area contributed by atoms with Crippen LogP contribution in [0, 0.1) is 0 Å². The number of esters is 1. The van der Waals surface area contributed by atoms with Gasteiger partial charge in [0.05, 0.1) is 15.6 Å². The summed E-state index contributed by atoms with van der Waals surface area (Å²) in [6.45, 7) is 5.07. The normalized spacial score (nSPS) is 11.2. The Hall–Kier alpha value is -1.69. The van der Waals surface area contributed by atoms with Crippen molar-refractivity contribution in [3.05, 3.63) is 58.1 Å². The highest BCUT2D eigenvalue weighted by Crippen LogP contribution is 2.29. The van der Waals surface area contributed by atoms with Gasteiger partial charge in [0, 0.05) is 10.6 Å². The predicted molar refractivity (Wildman–Crippen MR) is 112 cm³/mol. The van der Waals surface area contributed by atoms with E-state index in [1.54, 1.807) is 45.0 Å².